The number of carbonyl (C=O) groups is 1. The van der Waals surface area contributed by atoms with Gasteiger partial charge < -0.3 is 9.47 Å². The number of hydrogen-bond donors (Lipinski definition) is 1. The van der Waals surface area contributed by atoms with Crippen LogP contribution in [0.25, 0.3) is 0 Å². The fourth-order valence-electron chi connectivity index (χ4n) is 1.82. The zero-order chi connectivity index (χ0) is 14.5. The van der Waals surface area contributed by atoms with Gasteiger partial charge in [-0.15, -0.1) is 12.6 Å². The van der Waals surface area contributed by atoms with Crippen molar-refractivity contribution in [3.63, 3.8) is 0 Å². The molecule has 0 bridgehead atoms. The Bertz CT molecular complexity index is 623. The number of aryl methyl sites for hydroxylation is 1. The molecular weight excluding hydrogens is 272 g/mol. The molecule has 2 aromatic carbocycles. The van der Waals surface area contributed by atoms with E-state index in [1.54, 1.807) is 13.2 Å². The lowest BCUT2D eigenvalue weighted by atomic mass is 10.1. The number of rotatable bonds is 4. The van der Waals surface area contributed by atoms with Gasteiger partial charge in [-0.05, 0) is 42.3 Å². The molecule has 0 saturated heterocycles. The summed E-state index contributed by atoms with van der Waals surface area (Å²) >= 11 is 4.24. The molecule has 0 unspecified atom stereocenters. The van der Waals surface area contributed by atoms with Crippen LogP contribution in [-0.2, 0) is 11.3 Å². The van der Waals surface area contributed by atoms with Gasteiger partial charge in [0.25, 0.3) is 0 Å². The van der Waals surface area contributed by atoms with E-state index < -0.39 is 0 Å². The van der Waals surface area contributed by atoms with Crippen molar-refractivity contribution in [3.8, 4) is 5.75 Å². The molecule has 0 saturated carbocycles. The summed E-state index contributed by atoms with van der Waals surface area (Å²) in [6.07, 6.45) is 0. The summed E-state index contributed by atoms with van der Waals surface area (Å²) < 4.78 is 10.5. The summed E-state index contributed by atoms with van der Waals surface area (Å²) in [7, 11) is 1.60. The molecule has 0 N–H and O–H groups in total. The van der Waals surface area contributed by atoms with Gasteiger partial charge in [-0.25, -0.2) is 4.79 Å². The molecule has 4 heteroatoms. The fourth-order valence-corrected chi connectivity index (χ4v) is 2.02. The van der Waals surface area contributed by atoms with Crippen LogP contribution in [0.2, 0.25) is 0 Å². The Morgan fingerprint density at radius 2 is 2.00 bits per heavy atom. The summed E-state index contributed by atoms with van der Waals surface area (Å²) in [6, 6.07) is 12.8. The largest absolute Gasteiger partial charge is 0.497 e. The minimum absolute atomic E-state index is 0.215. The van der Waals surface area contributed by atoms with Gasteiger partial charge in [0.15, 0.2) is 0 Å². The number of carbonyl (C=O) groups excluding carboxylic acids is 1. The highest BCUT2D eigenvalue weighted by atomic mass is 32.1. The van der Waals surface area contributed by atoms with E-state index in [1.807, 2.05) is 43.3 Å². The molecule has 0 atom stereocenters. The second-order valence-corrected chi connectivity index (χ2v) is 4.94. The first-order valence-corrected chi connectivity index (χ1v) is 6.64. The first-order chi connectivity index (χ1) is 9.60. The number of thiol groups is 1. The number of hydrogen-bond acceptors (Lipinski definition) is 4. The Morgan fingerprint density at radius 1 is 1.20 bits per heavy atom. The highest BCUT2D eigenvalue weighted by molar-refractivity contribution is 7.80. The molecule has 0 aromatic heterocycles. The molecule has 20 heavy (non-hydrogen) atoms. The highest BCUT2D eigenvalue weighted by Crippen LogP contribution is 2.17. The minimum atomic E-state index is -0.346. The zero-order valence-corrected chi connectivity index (χ0v) is 12.3. The molecule has 2 rings (SSSR count). The molecule has 0 aliphatic rings. The molecule has 3 nitrogen and oxygen atoms in total. The van der Waals surface area contributed by atoms with E-state index >= 15 is 0 Å². The lowest BCUT2D eigenvalue weighted by Gasteiger charge is -2.08. The normalized spacial score (nSPS) is 10.2. The van der Waals surface area contributed by atoms with E-state index in [0.29, 0.717) is 5.56 Å². The molecule has 0 aliphatic heterocycles. The monoisotopic (exact) mass is 288 g/mol. The molecule has 0 fully saturated rings. The van der Waals surface area contributed by atoms with Gasteiger partial charge in [0, 0.05) is 4.90 Å². The van der Waals surface area contributed by atoms with Crippen molar-refractivity contribution < 1.29 is 14.3 Å². The Morgan fingerprint density at radius 3 is 2.75 bits per heavy atom. The van der Waals surface area contributed by atoms with Crippen molar-refractivity contribution in [1.82, 2.24) is 0 Å². The minimum Gasteiger partial charge on any atom is -0.497 e. The van der Waals surface area contributed by atoms with Crippen LogP contribution in [0.15, 0.2) is 47.4 Å². The third kappa shape index (κ3) is 3.54. The maximum absolute atomic E-state index is 12.1. The first kappa shape index (κ1) is 14.5. The Hall–Kier alpha value is -1.94. The summed E-state index contributed by atoms with van der Waals surface area (Å²) in [4.78, 5) is 12.8. The number of ether oxygens (including phenoxy) is 2. The van der Waals surface area contributed by atoms with Gasteiger partial charge in [-0.2, -0.15) is 0 Å². The average molecular weight is 288 g/mol. The summed E-state index contributed by atoms with van der Waals surface area (Å²) in [6.45, 7) is 2.08. The standard InChI is InChI=1S/C16H16O3S/c1-11-6-7-14(20)9-15(11)16(17)19-10-12-4-3-5-13(8-12)18-2/h3-9,20H,10H2,1-2H3. The Labute approximate surface area is 123 Å². The van der Waals surface area contributed by atoms with Crippen LogP contribution in [0, 0.1) is 6.92 Å². The maximum atomic E-state index is 12.1. The van der Waals surface area contributed by atoms with Gasteiger partial charge >= 0.3 is 5.97 Å². The molecule has 0 spiro atoms. The van der Waals surface area contributed by atoms with Gasteiger partial charge in [0.05, 0.1) is 12.7 Å². The fraction of sp³-hybridized carbons (Fsp3) is 0.188. The second kappa shape index (κ2) is 6.48. The van der Waals surface area contributed by atoms with Crippen molar-refractivity contribution in [2.45, 2.75) is 18.4 Å². The predicted octanol–water partition coefficient (Wildman–Crippen LogP) is 3.65. The number of benzene rings is 2. The van der Waals surface area contributed by atoms with Crippen molar-refractivity contribution in [1.29, 1.82) is 0 Å². The third-order valence-corrected chi connectivity index (χ3v) is 3.22. The predicted molar refractivity (Wildman–Crippen MR) is 80.5 cm³/mol. The molecular formula is C16H16O3S. The van der Waals surface area contributed by atoms with E-state index in [4.69, 9.17) is 9.47 Å². The first-order valence-electron chi connectivity index (χ1n) is 6.20. The lowest BCUT2D eigenvalue weighted by molar-refractivity contribution is 0.0471. The average Bonchev–Trinajstić information content (AvgIpc) is 2.47. The van der Waals surface area contributed by atoms with Gasteiger partial charge in [0.1, 0.15) is 12.4 Å². The Balaban J connectivity index is 2.06. The van der Waals surface area contributed by atoms with E-state index in [9.17, 15) is 4.79 Å². The van der Waals surface area contributed by atoms with Crippen LogP contribution in [0.4, 0.5) is 0 Å². The van der Waals surface area contributed by atoms with Gasteiger partial charge in [-0.1, -0.05) is 18.2 Å². The van der Waals surface area contributed by atoms with Crippen molar-refractivity contribution >= 4 is 18.6 Å². The zero-order valence-electron chi connectivity index (χ0n) is 11.4. The van der Waals surface area contributed by atoms with Crippen LogP contribution in [0.3, 0.4) is 0 Å². The van der Waals surface area contributed by atoms with E-state index in [1.165, 1.54) is 0 Å². The van der Waals surface area contributed by atoms with Gasteiger partial charge in [-0.3, -0.25) is 0 Å². The van der Waals surface area contributed by atoms with Crippen molar-refractivity contribution in [2.24, 2.45) is 0 Å². The van der Waals surface area contributed by atoms with Crippen LogP contribution in [0.5, 0.6) is 5.75 Å². The smallest absolute Gasteiger partial charge is 0.338 e. The third-order valence-electron chi connectivity index (χ3n) is 2.95. The lowest BCUT2D eigenvalue weighted by Crippen LogP contribution is -2.07. The number of esters is 1. The molecule has 104 valence electrons. The van der Waals surface area contributed by atoms with Crippen LogP contribution in [0.1, 0.15) is 21.5 Å². The molecule has 0 radical (unpaired) electrons. The quantitative estimate of drug-likeness (QED) is 0.689. The van der Waals surface area contributed by atoms with Crippen molar-refractivity contribution in [2.75, 3.05) is 7.11 Å². The van der Waals surface area contributed by atoms with E-state index in [-0.39, 0.29) is 12.6 Å². The van der Waals surface area contributed by atoms with Crippen LogP contribution >= 0.6 is 12.6 Å². The maximum Gasteiger partial charge on any atom is 0.338 e. The summed E-state index contributed by atoms with van der Waals surface area (Å²) in [5, 5.41) is 0. The highest BCUT2D eigenvalue weighted by Gasteiger charge is 2.11. The summed E-state index contributed by atoms with van der Waals surface area (Å²) in [5.74, 6) is 0.397. The van der Waals surface area contributed by atoms with Crippen LogP contribution in [-0.4, -0.2) is 13.1 Å². The van der Waals surface area contributed by atoms with Crippen LogP contribution < -0.4 is 4.74 Å². The molecule has 0 amide bonds. The van der Waals surface area contributed by atoms with Gasteiger partial charge in [0.2, 0.25) is 0 Å². The second-order valence-electron chi connectivity index (χ2n) is 4.43. The SMILES string of the molecule is COc1cccc(COC(=O)c2cc(S)ccc2C)c1. The van der Waals surface area contributed by atoms with E-state index in [2.05, 4.69) is 12.6 Å². The van der Waals surface area contributed by atoms with E-state index in [0.717, 1.165) is 21.8 Å². The molecule has 0 heterocycles. The Kier molecular flexibility index (Phi) is 4.69. The number of methoxy groups -OCH3 is 1. The molecule has 0 aliphatic carbocycles. The summed E-state index contributed by atoms with van der Waals surface area (Å²) in [5.41, 5.74) is 2.30. The topological polar surface area (TPSA) is 35.5 Å². The molecule has 2 aromatic rings. The van der Waals surface area contributed by atoms with Crippen molar-refractivity contribution in [3.05, 3.63) is 59.2 Å².